The van der Waals surface area contributed by atoms with Gasteiger partial charge in [-0.3, -0.25) is 0 Å². The van der Waals surface area contributed by atoms with Crippen LogP contribution in [0.5, 0.6) is 5.75 Å². The maximum Gasteiger partial charge on any atom is 0.125 e. The van der Waals surface area contributed by atoms with Crippen LogP contribution in [0.1, 0.15) is 36.8 Å². The highest BCUT2D eigenvalue weighted by Gasteiger charge is 2.48. The SMILES string of the molecule is Cc1cccc(C)c1OCC(CO)(NC1CC1)C1CC1. The highest BCUT2D eigenvalue weighted by Crippen LogP contribution is 2.42. The summed E-state index contributed by atoms with van der Waals surface area (Å²) < 4.78 is 6.13. The third-order valence-electron chi connectivity index (χ3n) is 4.59. The fraction of sp³-hybridized carbons (Fsp3) is 0.647. The molecule has 110 valence electrons. The van der Waals surface area contributed by atoms with Crippen molar-refractivity contribution in [3.05, 3.63) is 29.3 Å². The van der Waals surface area contributed by atoms with Gasteiger partial charge in [0.2, 0.25) is 0 Å². The first kappa shape index (κ1) is 13.9. The summed E-state index contributed by atoms with van der Waals surface area (Å²) in [6.07, 6.45) is 4.88. The van der Waals surface area contributed by atoms with Crippen LogP contribution in [0, 0.1) is 19.8 Å². The van der Waals surface area contributed by atoms with Crippen molar-refractivity contribution in [3.8, 4) is 5.75 Å². The van der Waals surface area contributed by atoms with Crippen molar-refractivity contribution < 1.29 is 9.84 Å². The van der Waals surface area contributed by atoms with Gasteiger partial charge in [0.15, 0.2) is 0 Å². The Balaban J connectivity index is 1.73. The van der Waals surface area contributed by atoms with Crippen LogP contribution in [0.4, 0.5) is 0 Å². The standard InChI is InChI=1S/C17H25NO2/c1-12-4-3-5-13(2)16(12)20-11-17(10-19,14-6-7-14)18-15-8-9-15/h3-5,14-15,18-19H,6-11H2,1-2H3. The lowest BCUT2D eigenvalue weighted by atomic mass is 9.95. The molecule has 1 aromatic carbocycles. The average Bonchev–Trinajstić information content (AvgIpc) is 3.29. The van der Waals surface area contributed by atoms with Crippen LogP contribution < -0.4 is 10.1 Å². The summed E-state index contributed by atoms with van der Waals surface area (Å²) in [4.78, 5) is 0. The van der Waals surface area contributed by atoms with Crippen LogP contribution in [-0.2, 0) is 0 Å². The summed E-state index contributed by atoms with van der Waals surface area (Å²) in [6, 6.07) is 6.80. The van der Waals surface area contributed by atoms with E-state index in [1.54, 1.807) is 0 Å². The maximum atomic E-state index is 9.94. The van der Waals surface area contributed by atoms with Gasteiger partial charge in [-0.05, 0) is 56.6 Å². The molecule has 2 saturated carbocycles. The quantitative estimate of drug-likeness (QED) is 0.803. The lowest BCUT2D eigenvalue weighted by molar-refractivity contribution is 0.0825. The van der Waals surface area contributed by atoms with Crippen molar-refractivity contribution in [2.45, 2.75) is 51.1 Å². The number of benzene rings is 1. The molecule has 20 heavy (non-hydrogen) atoms. The van der Waals surface area contributed by atoms with E-state index in [0.29, 0.717) is 18.6 Å². The summed E-state index contributed by atoms with van der Waals surface area (Å²) in [5.41, 5.74) is 2.09. The second kappa shape index (κ2) is 5.38. The predicted octanol–water partition coefficient (Wildman–Crippen LogP) is 2.58. The van der Waals surface area contributed by atoms with Crippen molar-refractivity contribution in [1.82, 2.24) is 5.32 Å². The second-order valence-electron chi connectivity index (χ2n) is 6.52. The molecule has 2 fully saturated rings. The minimum Gasteiger partial charge on any atom is -0.491 e. The number of nitrogens with one attached hydrogen (secondary N) is 1. The molecule has 0 heterocycles. The van der Waals surface area contributed by atoms with Gasteiger partial charge in [0.25, 0.3) is 0 Å². The van der Waals surface area contributed by atoms with Gasteiger partial charge in [-0.15, -0.1) is 0 Å². The Morgan fingerprint density at radius 1 is 1.20 bits per heavy atom. The number of ether oxygens (including phenoxy) is 1. The van der Waals surface area contributed by atoms with Gasteiger partial charge in [0.05, 0.1) is 12.1 Å². The van der Waals surface area contributed by atoms with Crippen molar-refractivity contribution in [3.63, 3.8) is 0 Å². The van der Waals surface area contributed by atoms with Crippen LogP contribution >= 0.6 is 0 Å². The first-order valence-corrected chi connectivity index (χ1v) is 7.72. The summed E-state index contributed by atoms with van der Waals surface area (Å²) in [6.45, 7) is 4.89. The molecule has 0 spiro atoms. The van der Waals surface area contributed by atoms with Gasteiger partial charge in [-0.2, -0.15) is 0 Å². The van der Waals surface area contributed by atoms with Crippen molar-refractivity contribution in [2.24, 2.45) is 5.92 Å². The van der Waals surface area contributed by atoms with E-state index in [-0.39, 0.29) is 12.1 Å². The molecule has 2 aliphatic carbocycles. The number of aliphatic hydroxyl groups is 1. The number of para-hydroxylation sites is 1. The van der Waals surface area contributed by atoms with E-state index in [1.807, 2.05) is 0 Å². The largest absolute Gasteiger partial charge is 0.491 e. The van der Waals surface area contributed by atoms with Crippen LogP contribution in [0.3, 0.4) is 0 Å². The van der Waals surface area contributed by atoms with Gasteiger partial charge in [0.1, 0.15) is 12.4 Å². The van der Waals surface area contributed by atoms with E-state index < -0.39 is 0 Å². The lowest BCUT2D eigenvalue weighted by Crippen LogP contribution is -2.56. The number of aryl methyl sites for hydroxylation is 2. The van der Waals surface area contributed by atoms with Crippen LogP contribution in [0.2, 0.25) is 0 Å². The summed E-state index contributed by atoms with van der Waals surface area (Å²) in [5.74, 6) is 1.54. The van der Waals surface area contributed by atoms with E-state index in [9.17, 15) is 5.11 Å². The predicted molar refractivity (Wildman–Crippen MR) is 80.1 cm³/mol. The summed E-state index contributed by atoms with van der Waals surface area (Å²) >= 11 is 0. The Kier molecular flexibility index (Phi) is 3.74. The van der Waals surface area contributed by atoms with Crippen LogP contribution in [-0.4, -0.2) is 29.9 Å². The Morgan fingerprint density at radius 2 is 1.85 bits per heavy atom. The zero-order valence-corrected chi connectivity index (χ0v) is 12.5. The molecule has 0 bridgehead atoms. The minimum absolute atomic E-state index is 0.166. The zero-order chi connectivity index (χ0) is 14.2. The molecule has 0 saturated heterocycles. The Morgan fingerprint density at radius 3 is 2.35 bits per heavy atom. The Labute approximate surface area is 121 Å². The van der Waals surface area contributed by atoms with Crippen molar-refractivity contribution >= 4 is 0 Å². The molecule has 0 amide bonds. The molecule has 3 nitrogen and oxygen atoms in total. The molecule has 1 unspecified atom stereocenters. The zero-order valence-electron chi connectivity index (χ0n) is 12.5. The van der Waals surface area contributed by atoms with Gasteiger partial charge in [-0.25, -0.2) is 0 Å². The normalized spacial score (nSPS) is 21.6. The highest BCUT2D eigenvalue weighted by atomic mass is 16.5. The molecule has 0 aliphatic heterocycles. The van der Waals surface area contributed by atoms with Gasteiger partial charge in [0, 0.05) is 6.04 Å². The van der Waals surface area contributed by atoms with Gasteiger partial charge < -0.3 is 15.2 Å². The monoisotopic (exact) mass is 275 g/mol. The Hall–Kier alpha value is -1.06. The molecule has 1 atom stereocenters. The van der Waals surface area contributed by atoms with E-state index in [2.05, 4.69) is 37.4 Å². The Bertz CT molecular complexity index is 460. The second-order valence-corrected chi connectivity index (χ2v) is 6.52. The smallest absolute Gasteiger partial charge is 0.125 e. The van der Waals surface area contributed by atoms with Crippen molar-refractivity contribution in [1.29, 1.82) is 0 Å². The fourth-order valence-electron chi connectivity index (χ4n) is 3.00. The molecule has 2 N–H and O–H groups in total. The van der Waals surface area contributed by atoms with Crippen molar-refractivity contribution in [2.75, 3.05) is 13.2 Å². The van der Waals surface area contributed by atoms with E-state index >= 15 is 0 Å². The topological polar surface area (TPSA) is 41.5 Å². The third-order valence-corrected chi connectivity index (χ3v) is 4.59. The highest BCUT2D eigenvalue weighted by molar-refractivity contribution is 5.39. The molecular weight excluding hydrogens is 250 g/mol. The minimum atomic E-state index is -0.240. The first-order chi connectivity index (χ1) is 9.64. The molecule has 3 heteroatoms. The first-order valence-electron chi connectivity index (χ1n) is 7.72. The van der Waals surface area contributed by atoms with E-state index in [0.717, 1.165) is 5.75 Å². The average molecular weight is 275 g/mol. The molecule has 2 aliphatic rings. The van der Waals surface area contributed by atoms with Crippen LogP contribution in [0.15, 0.2) is 18.2 Å². The summed E-state index contributed by atoms with van der Waals surface area (Å²) in [7, 11) is 0. The molecule has 1 aromatic rings. The number of hydrogen-bond acceptors (Lipinski definition) is 3. The maximum absolute atomic E-state index is 9.94. The van der Waals surface area contributed by atoms with Crippen LogP contribution in [0.25, 0.3) is 0 Å². The van der Waals surface area contributed by atoms with Gasteiger partial charge >= 0.3 is 0 Å². The fourth-order valence-corrected chi connectivity index (χ4v) is 3.00. The van der Waals surface area contributed by atoms with E-state index in [4.69, 9.17) is 4.74 Å². The molecule has 0 radical (unpaired) electrons. The molecule has 3 rings (SSSR count). The number of rotatable bonds is 7. The summed E-state index contributed by atoms with van der Waals surface area (Å²) in [5, 5.41) is 13.6. The molecule has 0 aromatic heterocycles. The number of aliphatic hydroxyl groups excluding tert-OH is 1. The van der Waals surface area contributed by atoms with Gasteiger partial charge in [-0.1, -0.05) is 18.2 Å². The molecular formula is C17H25NO2. The third kappa shape index (κ3) is 2.84. The van der Waals surface area contributed by atoms with E-state index in [1.165, 1.54) is 36.8 Å². The number of hydrogen-bond donors (Lipinski definition) is 2. The lowest BCUT2D eigenvalue weighted by Gasteiger charge is -2.34.